The van der Waals surface area contributed by atoms with Crippen LogP contribution in [0, 0.1) is 0 Å². The Balaban J connectivity index is 1.73. The highest BCUT2D eigenvalue weighted by molar-refractivity contribution is 8.01. The minimum Gasteiger partial charge on any atom is -0.493 e. The summed E-state index contributed by atoms with van der Waals surface area (Å²) < 4.78 is 6.67. The third-order valence-electron chi connectivity index (χ3n) is 1.89. The van der Waals surface area contributed by atoms with Crippen LogP contribution in [0.1, 0.15) is 0 Å². The molecule has 1 heterocycles. The molecule has 0 radical (unpaired) electrons. The highest BCUT2D eigenvalue weighted by Gasteiger charge is 2.00. The molecule has 0 spiro atoms. The molecule has 2 rings (SSSR count). The van der Waals surface area contributed by atoms with Gasteiger partial charge in [-0.1, -0.05) is 29.0 Å². The summed E-state index contributed by atoms with van der Waals surface area (Å²) in [5, 5.41) is 1.29. The predicted molar refractivity (Wildman–Crippen MR) is 74.2 cm³/mol. The average molecular weight is 287 g/mol. The smallest absolute Gasteiger partial charge is 0.181 e. The highest BCUT2D eigenvalue weighted by atomic mass is 35.5. The zero-order chi connectivity index (χ0) is 12.1. The van der Waals surface area contributed by atoms with Crippen molar-refractivity contribution >= 4 is 39.8 Å². The maximum atomic E-state index is 5.85. The lowest BCUT2D eigenvalue weighted by molar-refractivity contribution is 0.344. The van der Waals surface area contributed by atoms with E-state index in [1.54, 1.807) is 24.0 Å². The normalized spacial score (nSPS) is 10.4. The number of aromatic nitrogens is 1. The summed E-state index contributed by atoms with van der Waals surface area (Å²) in [7, 11) is 0. The summed E-state index contributed by atoms with van der Waals surface area (Å²) in [5.41, 5.74) is 5.54. The molecule has 0 saturated carbocycles. The summed E-state index contributed by atoms with van der Waals surface area (Å²) in [4.78, 5) is 3.98. The van der Waals surface area contributed by atoms with Crippen molar-refractivity contribution in [3.8, 4) is 5.75 Å². The Bertz CT molecular complexity index is 490. The van der Waals surface area contributed by atoms with E-state index in [9.17, 15) is 0 Å². The van der Waals surface area contributed by atoms with Crippen LogP contribution in [0.4, 0.5) is 5.13 Å². The van der Waals surface area contributed by atoms with Gasteiger partial charge < -0.3 is 10.5 Å². The largest absolute Gasteiger partial charge is 0.493 e. The fourth-order valence-electron chi connectivity index (χ4n) is 1.20. The van der Waals surface area contributed by atoms with Crippen molar-refractivity contribution in [3.63, 3.8) is 0 Å². The molecule has 90 valence electrons. The minimum absolute atomic E-state index is 0.600. The third kappa shape index (κ3) is 4.11. The van der Waals surface area contributed by atoms with Gasteiger partial charge in [0.1, 0.15) is 5.75 Å². The standard InChI is InChI=1S/C11H11ClN2OS2/c12-8-2-1-3-9(6-8)15-4-5-16-10-7-14-11(13)17-10/h1-3,6-7H,4-5H2,(H2,13,14). The van der Waals surface area contributed by atoms with E-state index < -0.39 is 0 Å². The fourth-order valence-corrected chi connectivity index (χ4v) is 3.03. The average Bonchev–Trinajstić information content (AvgIpc) is 2.71. The van der Waals surface area contributed by atoms with E-state index in [0.29, 0.717) is 16.8 Å². The number of rotatable bonds is 5. The molecule has 0 atom stereocenters. The van der Waals surface area contributed by atoms with Crippen LogP contribution < -0.4 is 10.5 Å². The van der Waals surface area contributed by atoms with Gasteiger partial charge in [-0.25, -0.2) is 4.98 Å². The Morgan fingerprint density at radius 3 is 3.06 bits per heavy atom. The molecule has 0 unspecified atom stereocenters. The van der Waals surface area contributed by atoms with Crippen molar-refractivity contribution in [3.05, 3.63) is 35.5 Å². The quantitative estimate of drug-likeness (QED) is 0.674. The number of thioether (sulfide) groups is 1. The van der Waals surface area contributed by atoms with Gasteiger partial charge in [0, 0.05) is 10.8 Å². The second-order valence-corrected chi connectivity index (χ2v) is 6.07. The maximum Gasteiger partial charge on any atom is 0.181 e. The maximum absolute atomic E-state index is 5.85. The molecule has 1 aromatic carbocycles. The lowest BCUT2D eigenvalue weighted by Gasteiger charge is -2.05. The predicted octanol–water partition coefficient (Wildman–Crippen LogP) is 3.55. The summed E-state index contributed by atoms with van der Waals surface area (Å²) >= 11 is 9.02. The van der Waals surface area contributed by atoms with Crippen LogP contribution in [0.5, 0.6) is 5.75 Å². The first kappa shape index (κ1) is 12.5. The molecule has 0 aliphatic heterocycles. The summed E-state index contributed by atoms with van der Waals surface area (Å²) in [5.74, 6) is 1.65. The topological polar surface area (TPSA) is 48.1 Å². The van der Waals surface area contributed by atoms with Crippen molar-refractivity contribution in [2.24, 2.45) is 0 Å². The van der Waals surface area contributed by atoms with Gasteiger partial charge in [-0.05, 0) is 18.2 Å². The molecule has 0 saturated heterocycles. The highest BCUT2D eigenvalue weighted by Crippen LogP contribution is 2.26. The number of hydrogen-bond donors (Lipinski definition) is 1. The van der Waals surface area contributed by atoms with Crippen LogP contribution in [0.25, 0.3) is 0 Å². The van der Waals surface area contributed by atoms with Crippen LogP contribution in [-0.4, -0.2) is 17.3 Å². The van der Waals surface area contributed by atoms with E-state index in [4.69, 9.17) is 22.1 Å². The van der Waals surface area contributed by atoms with Crippen LogP contribution >= 0.6 is 34.7 Å². The zero-order valence-corrected chi connectivity index (χ0v) is 11.3. The lowest BCUT2D eigenvalue weighted by atomic mass is 10.3. The number of nitrogens with zero attached hydrogens (tertiary/aromatic N) is 1. The second-order valence-electron chi connectivity index (χ2n) is 3.17. The first-order valence-corrected chi connectivity index (χ1v) is 7.14. The fraction of sp³-hybridized carbons (Fsp3) is 0.182. The van der Waals surface area contributed by atoms with Crippen LogP contribution in [0.15, 0.2) is 34.7 Å². The summed E-state index contributed by atoms with van der Waals surface area (Å²) in [6.45, 7) is 0.628. The lowest BCUT2D eigenvalue weighted by Crippen LogP contribution is -1.99. The Morgan fingerprint density at radius 2 is 2.35 bits per heavy atom. The number of benzene rings is 1. The van der Waals surface area contributed by atoms with Gasteiger partial charge in [0.25, 0.3) is 0 Å². The van der Waals surface area contributed by atoms with Crippen molar-refractivity contribution in [2.45, 2.75) is 4.21 Å². The van der Waals surface area contributed by atoms with Gasteiger partial charge >= 0.3 is 0 Å². The zero-order valence-electron chi connectivity index (χ0n) is 8.93. The van der Waals surface area contributed by atoms with E-state index in [2.05, 4.69) is 4.98 Å². The van der Waals surface area contributed by atoms with Gasteiger partial charge in [0.15, 0.2) is 5.13 Å². The Hall–Kier alpha value is -0.910. The van der Waals surface area contributed by atoms with Gasteiger partial charge in [-0.3, -0.25) is 0 Å². The number of halogens is 1. The number of thiazole rings is 1. The van der Waals surface area contributed by atoms with E-state index in [1.807, 2.05) is 18.2 Å². The Labute approximate surface area is 113 Å². The molecule has 2 aromatic rings. The monoisotopic (exact) mass is 286 g/mol. The van der Waals surface area contributed by atoms with Gasteiger partial charge in [-0.15, -0.1) is 11.8 Å². The molecule has 6 heteroatoms. The SMILES string of the molecule is Nc1ncc(SCCOc2cccc(Cl)c2)s1. The van der Waals surface area contributed by atoms with Crippen molar-refractivity contribution < 1.29 is 4.74 Å². The Morgan fingerprint density at radius 1 is 1.47 bits per heavy atom. The first-order chi connectivity index (χ1) is 8.24. The van der Waals surface area contributed by atoms with Crippen LogP contribution in [-0.2, 0) is 0 Å². The molecule has 2 N–H and O–H groups in total. The first-order valence-electron chi connectivity index (χ1n) is 4.96. The van der Waals surface area contributed by atoms with E-state index in [-0.39, 0.29) is 0 Å². The Kier molecular flexibility index (Phi) is 4.53. The molecule has 0 amide bonds. The van der Waals surface area contributed by atoms with Gasteiger partial charge in [0.05, 0.1) is 17.0 Å². The molecular weight excluding hydrogens is 276 g/mol. The van der Waals surface area contributed by atoms with Crippen LogP contribution in [0.2, 0.25) is 5.02 Å². The van der Waals surface area contributed by atoms with Crippen molar-refractivity contribution in [1.82, 2.24) is 4.98 Å². The number of nitrogens with two attached hydrogens (primary N) is 1. The molecule has 0 fully saturated rings. The number of hydrogen-bond acceptors (Lipinski definition) is 5. The number of nitrogen functional groups attached to an aromatic ring is 1. The second kappa shape index (κ2) is 6.14. The van der Waals surface area contributed by atoms with Gasteiger partial charge in [0.2, 0.25) is 0 Å². The molecular formula is C11H11ClN2OS2. The van der Waals surface area contributed by atoms with Gasteiger partial charge in [-0.2, -0.15) is 0 Å². The molecule has 0 aliphatic carbocycles. The molecule has 0 aliphatic rings. The van der Waals surface area contributed by atoms with Crippen molar-refractivity contribution in [1.29, 1.82) is 0 Å². The molecule has 1 aromatic heterocycles. The third-order valence-corrected chi connectivity index (χ3v) is 4.12. The summed E-state index contributed by atoms with van der Waals surface area (Å²) in [6.07, 6.45) is 1.78. The number of ether oxygens (including phenoxy) is 1. The van der Waals surface area contributed by atoms with E-state index >= 15 is 0 Å². The summed E-state index contributed by atoms with van der Waals surface area (Å²) in [6, 6.07) is 7.39. The van der Waals surface area contributed by atoms with E-state index in [1.165, 1.54) is 11.3 Å². The minimum atomic E-state index is 0.600. The van der Waals surface area contributed by atoms with Crippen LogP contribution in [0.3, 0.4) is 0 Å². The number of anilines is 1. The molecule has 3 nitrogen and oxygen atoms in total. The van der Waals surface area contributed by atoms with E-state index in [0.717, 1.165) is 15.7 Å². The van der Waals surface area contributed by atoms with Crippen molar-refractivity contribution in [2.75, 3.05) is 18.1 Å². The molecule has 17 heavy (non-hydrogen) atoms. The molecule has 0 bridgehead atoms.